The van der Waals surface area contributed by atoms with Gasteiger partial charge in [-0.3, -0.25) is 4.98 Å². The van der Waals surface area contributed by atoms with Gasteiger partial charge in [-0.05, 0) is 18.2 Å². The zero-order valence-corrected chi connectivity index (χ0v) is 14.3. The van der Waals surface area contributed by atoms with E-state index in [2.05, 4.69) is 15.0 Å². The molecule has 6 nitrogen and oxygen atoms in total. The zero-order chi connectivity index (χ0) is 17.7. The summed E-state index contributed by atoms with van der Waals surface area (Å²) in [7, 11) is -3.49. The predicted octanol–water partition coefficient (Wildman–Crippen LogP) is 2.01. The first kappa shape index (κ1) is 17.3. The topological polar surface area (TPSA) is 91.3 Å². The van der Waals surface area contributed by atoms with Crippen molar-refractivity contribution >= 4 is 20.9 Å². The maximum atomic E-state index is 12.1. The number of nitrogens with one attached hydrogen (secondary N) is 2. The van der Waals surface area contributed by atoms with Crippen LogP contribution >= 0.6 is 0 Å². The molecule has 0 saturated carbocycles. The minimum absolute atomic E-state index is 0.149. The van der Waals surface area contributed by atoms with E-state index in [9.17, 15) is 13.5 Å². The zero-order valence-electron chi connectivity index (χ0n) is 13.5. The quantitative estimate of drug-likeness (QED) is 0.563. The summed E-state index contributed by atoms with van der Waals surface area (Å²) in [5.74, 6) is 0.149. The Hall–Kier alpha value is -2.48. The summed E-state index contributed by atoms with van der Waals surface area (Å²) in [6.45, 7) is 1.11. The summed E-state index contributed by atoms with van der Waals surface area (Å²) in [5, 5.41) is 14.3. The minimum Gasteiger partial charge on any atom is -0.505 e. The highest BCUT2D eigenvalue weighted by atomic mass is 32.2. The molecule has 0 radical (unpaired) electrons. The van der Waals surface area contributed by atoms with E-state index in [1.807, 2.05) is 24.3 Å². The summed E-state index contributed by atoms with van der Waals surface area (Å²) in [6.07, 6.45) is 1.64. The molecule has 3 aromatic rings. The van der Waals surface area contributed by atoms with Crippen molar-refractivity contribution in [2.75, 3.05) is 13.1 Å². The third-order valence-corrected chi connectivity index (χ3v) is 5.27. The molecule has 0 amide bonds. The highest BCUT2D eigenvalue weighted by molar-refractivity contribution is 7.89. The van der Waals surface area contributed by atoms with E-state index in [1.54, 1.807) is 36.5 Å². The smallest absolute Gasteiger partial charge is 0.240 e. The molecule has 0 atom stereocenters. The standard InChI is InChI=1S/C18H19N3O3S/c22-18-15(9-8-14-5-4-10-20-17(14)18)13-19-11-12-21-25(23,24)16-6-2-1-3-7-16/h1-10,19,21-22H,11-13H2. The summed E-state index contributed by atoms with van der Waals surface area (Å²) < 4.78 is 26.7. The SMILES string of the molecule is O=S(=O)(NCCNCc1ccc2cccnc2c1O)c1ccccc1. The number of phenolic OH excluding ortho intramolecular Hbond substituents is 1. The van der Waals surface area contributed by atoms with Crippen LogP contribution in [0.3, 0.4) is 0 Å². The van der Waals surface area contributed by atoms with E-state index in [4.69, 9.17) is 0 Å². The van der Waals surface area contributed by atoms with Crippen molar-refractivity contribution in [3.63, 3.8) is 0 Å². The molecule has 0 fully saturated rings. The van der Waals surface area contributed by atoms with Crippen molar-refractivity contribution in [1.29, 1.82) is 0 Å². The van der Waals surface area contributed by atoms with E-state index in [1.165, 1.54) is 0 Å². The minimum atomic E-state index is -3.49. The molecule has 1 heterocycles. The molecular formula is C18H19N3O3S. The number of nitrogens with zero attached hydrogens (tertiary/aromatic N) is 1. The van der Waals surface area contributed by atoms with Crippen LogP contribution in [0.1, 0.15) is 5.56 Å². The molecular weight excluding hydrogens is 338 g/mol. The summed E-state index contributed by atoms with van der Waals surface area (Å²) in [4.78, 5) is 4.43. The van der Waals surface area contributed by atoms with E-state index in [0.29, 0.717) is 18.6 Å². The molecule has 2 aromatic carbocycles. The van der Waals surface area contributed by atoms with Gasteiger partial charge in [0.1, 0.15) is 11.3 Å². The number of phenols is 1. The Morgan fingerprint density at radius 3 is 2.56 bits per heavy atom. The van der Waals surface area contributed by atoms with Crippen molar-refractivity contribution in [2.24, 2.45) is 0 Å². The molecule has 0 saturated heterocycles. The van der Waals surface area contributed by atoms with Crippen LogP contribution in [0.4, 0.5) is 0 Å². The van der Waals surface area contributed by atoms with E-state index in [-0.39, 0.29) is 17.2 Å². The maximum absolute atomic E-state index is 12.1. The second-order valence-corrected chi connectivity index (χ2v) is 7.30. The summed E-state index contributed by atoms with van der Waals surface area (Å²) in [6, 6.07) is 15.7. The number of aromatic hydroxyl groups is 1. The van der Waals surface area contributed by atoms with E-state index in [0.717, 1.165) is 10.9 Å². The van der Waals surface area contributed by atoms with E-state index >= 15 is 0 Å². The first-order valence-corrected chi connectivity index (χ1v) is 9.37. The summed E-state index contributed by atoms with van der Waals surface area (Å²) in [5.41, 5.74) is 1.28. The van der Waals surface area contributed by atoms with Gasteiger partial charge in [-0.2, -0.15) is 0 Å². The average Bonchev–Trinajstić information content (AvgIpc) is 2.64. The van der Waals surface area contributed by atoms with Crippen LogP contribution < -0.4 is 10.0 Å². The third-order valence-electron chi connectivity index (χ3n) is 3.79. The number of aromatic nitrogens is 1. The van der Waals surface area contributed by atoms with Crippen molar-refractivity contribution in [3.8, 4) is 5.75 Å². The Kier molecular flexibility index (Phi) is 5.28. The van der Waals surface area contributed by atoms with Gasteiger partial charge in [0.25, 0.3) is 0 Å². The van der Waals surface area contributed by atoms with Crippen LogP contribution in [-0.4, -0.2) is 31.6 Å². The Balaban J connectivity index is 1.53. The van der Waals surface area contributed by atoms with Gasteiger partial charge in [0, 0.05) is 36.8 Å². The molecule has 3 N–H and O–H groups in total. The van der Waals surface area contributed by atoms with Gasteiger partial charge in [-0.1, -0.05) is 36.4 Å². The summed E-state index contributed by atoms with van der Waals surface area (Å²) >= 11 is 0. The number of hydrogen-bond acceptors (Lipinski definition) is 5. The molecule has 7 heteroatoms. The van der Waals surface area contributed by atoms with Crippen LogP contribution in [0.15, 0.2) is 65.7 Å². The van der Waals surface area contributed by atoms with Crippen LogP contribution in [-0.2, 0) is 16.6 Å². The second kappa shape index (κ2) is 7.60. The van der Waals surface area contributed by atoms with Crippen molar-refractivity contribution in [2.45, 2.75) is 11.4 Å². The van der Waals surface area contributed by atoms with Crippen molar-refractivity contribution in [1.82, 2.24) is 15.0 Å². The normalized spacial score (nSPS) is 11.7. The Morgan fingerprint density at radius 1 is 0.960 bits per heavy atom. The van der Waals surface area contributed by atoms with Gasteiger partial charge in [0.2, 0.25) is 10.0 Å². The third kappa shape index (κ3) is 4.14. The number of hydrogen-bond donors (Lipinski definition) is 3. The second-order valence-electron chi connectivity index (χ2n) is 5.54. The van der Waals surface area contributed by atoms with Gasteiger partial charge < -0.3 is 10.4 Å². The van der Waals surface area contributed by atoms with Gasteiger partial charge >= 0.3 is 0 Å². The van der Waals surface area contributed by atoms with Gasteiger partial charge in [-0.25, -0.2) is 13.1 Å². The maximum Gasteiger partial charge on any atom is 0.240 e. The molecule has 1 aromatic heterocycles. The van der Waals surface area contributed by atoms with Gasteiger partial charge in [0.05, 0.1) is 4.90 Å². The number of pyridine rings is 1. The monoisotopic (exact) mass is 357 g/mol. The molecule has 0 aliphatic heterocycles. The Labute approximate surface area is 146 Å². The lowest BCUT2D eigenvalue weighted by Crippen LogP contribution is -2.31. The lowest BCUT2D eigenvalue weighted by atomic mass is 10.1. The number of sulfonamides is 1. The number of benzene rings is 2. The largest absolute Gasteiger partial charge is 0.505 e. The fourth-order valence-electron chi connectivity index (χ4n) is 2.49. The highest BCUT2D eigenvalue weighted by Crippen LogP contribution is 2.26. The molecule has 0 aliphatic rings. The van der Waals surface area contributed by atoms with E-state index < -0.39 is 10.0 Å². The molecule has 25 heavy (non-hydrogen) atoms. The number of rotatable bonds is 7. The first-order valence-electron chi connectivity index (χ1n) is 7.89. The fourth-order valence-corrected chi connectivity index (χ4v) is 3.55. The molecule has 0 bridgehead atoms. The molecule has 130 valence electrons. The predicted molar refractivity (Wildman–Crippen MR) is 96.7 cm³/mol. The van der Waals surface area contributed by atoms with Crippen LogP contribution in [0.25, 0.3) is 10.9 Å². The van der Waals surface area contributed by atoms with Gasteiger partial charge in [0.15, 0.2) is 0 Å². The Bertz CT molecular complexity index is 960. The average molecular weight is 357 g/mol. The van der Waals surface area contributed by atoms with Gasteiger partial charge in [-0.15, -0.1) is 0 Å². The molecule has 3 rings (SSSR count). The lowest BCUT2D eigenvalue weighted by molar-refractivity contribution is 0.469. The van der Waals surface area contributed by atoms with Crippen molar-refractivity contribution in [3.05, 3.63) is 66.4 Å². The lowest BCUT2D eigenvalue weighted by Gasteiger charge is -2.10. The molecule has 0 aliphatic carbocycles. The highest BCUT2D eigenvalue weighted by Gasteiger charge is 2.12. The molecule has 0 spiro atoms. The fraction of sp³-hybridized carbons (Fsp3) is 0.167. The van der Waals surface area contributed by atoms with Crippen LogP contribution in [0, 0.1) is 0 Å². The van der Waals surface area contributed by atoms with Crippen LogP contribution in [0.2, 0.25) is 0 Å². The first-order chi connectivity index (χ1) is 12.1. The Morgan fingerprint density at radius 2 is 1.76 bits per heavy atom. The molecule has 0 unspecified atom stereocenters. The van der Waals surface area contributed by atoms with Crippen LogP contribution in [0.5, 0.6) is 5.75 Å². The number of fused-ring (bicyclic) bond motifs is 1. The van der Waals surface area contributed by atoms with Crippen molar-refractivity contribution < 1.29 is 13.5 Å².